The van der Waals surface area contributed by atoms with E-state index in [9.17, 15) is 0 Å². The third kappa shape index (κ3) is 2.28. The molecule has 0 amide bonds. The fraction of sp³-hybridized carbons (Fsp3) is 0.250. The lowest BCUT2D eigenvalue weighted by atomic mass is 10.3. The smallest absolute Gasteiger partial charge is 0.223 e. The van der Waals surface area contributed by atoms with Crippen molar-refractivity contribution in [2.24, 2.45) is 27.2 Å². The molecular formula is C12H15N7O. The molecule has 1 aromatic carbocycles. The van der Waals surface area contributed by atoms with Gasteiger partial charge in [0.2, 0.25) is 5.96 Å². The number of hydrogen-bond acceptors (Lipinski definition) is 3. The van der Waals surface area contributed by atoms with E-state index >= 15 is 0 Å². The molecule has 2 aromatic rings. The summed E-state index contributed by atoms with van der Waals surface area (Å²) in [5, 5.41) is 0. The van der Waals surface area contributed by atoms with E-state index in [0.717, 1.165) is 23.4 Å². The second kappa shape index (κ2) is 4.82. The minimum atomic E-state index is -0.123. The Morgan fingerprint density at radius 3 is 2.95 bits per heavy atom. The Labute approximate surface area is 114 Å². The number of imidazole rings is 1. The number of rotatable bonds is 1. The van der Waals surface area contributed by atoms with E-state index in [0.29, 0.717) is 18.9 Å². The van der Waals surface area contributed by atoms with Gasteiger partial charge in [0.1, 0.15) is 12.4 Å². The van der Waals surface area contributed by atoms with E-state index in [4.69, 9.17) is 21.9 Å². The number of guanidine groups is 2. The highest BCUT2D eigenvalue weighted by Crippen LogP contribution is 2.24. The molecule has 0 spiro atoms. The monoisotopic (exact) mass is 273 g/mol. The molecule has 8 heteroatoms. The van der Waals surface area contributed by atoms with E-state index in [-0.39, 0.29) is 11.9 Å². The highest BCUT2D eigenvalue weighted by atomic mass is 16.5. The van der Waals surface area contributed by atoms with E-state index in [1.54, 1.807) is 0 Å². The molecule has 0 fully saturated rings. The predicted molar refractivity (Wildman–Crippen MR) is 76.5 cm³/mol. The first-order valence-electron chi connectivity index (χ1n) is 6.14. The van der Waals surface area contributed by atoms with E-state index in [1.807, 2.05) is 18.2 Å². The van der Waals surface area contributed by atoms with Crippen LogP contribution >= 0.6 is 0 Å². The highest BCUT2D eigenvalue weighted by molar-refractivity contribution is 5.94. The highest BCUT2D eigenvalue weighted by Gasteiger charge is 2.14. The molecule has 1 aliphatic heterocycles. The van der Waals surface area contributed by atoms with Crippen LogP contribution in [0.25, 0.3) is 11.0 Å². The summed E-state index contributed by atoms with van der Waals surface area (Å²) >= 11 is 0. The van der Waals surface area contributed by atoms with Gasteiger partial charge in [0.05, 0.1) is 23.3 Å². The molecule has 6 N–H and O–H groups in total. The van der Waals surface area contributed by atoms with Gasteiger partial charge in [-0.05, 0) is 18.2 Å². The van der Waals surface area contributed by atoms with Crippen molar-refractivity contribution in [3.8, 4) is 0 Å². The minimum Gasteiger partial charge on any atom is -0.372 e. The van der Waals surface area contributed by atoms with Gasteiger partial charge in [0.25, 0.3) is 0 Å². The molecule has 0 atom stereocenters. The van der Waals surface area contributed by atoms with Crippen LogP contribution in [0.1, 0.15) is 5.82 Å². The summed E-state index contributed by atoms with van der Waals surface area (Å²) in [5.74, 6) is 0.808. The largest absolute Gasteiger partial charge is 0.372 e. The lowest BCUT2D eigenvalue weighted by Gasteiger charge is -2.14. The van der Waals surface area contributed by atoms with Gasteiger partial charge in [-0.25, -0.2) is 9.98 Å². The summed E-state index contributed by atoms with van der Waals surface area (Å²) in [6, 6.07) is 5.65. The summed E-state index contributed by atoms with van der Waals surface area (Å²) in [4.78, 5) is 12.3. The average Bonchev–Trinajstić information content (AvgIpc) is 2.75. The van der Waals surface area contributed by atoms with Gasteiger partial charge in [-0.2, -0.15) is 4.99 Å². The lowest BCUT2D eigenvalue weighted by Crippen LogP contribution is -2.26. The second-order valence-electron chi connectivity index (χ2n) is 4.41. The van der Waals surface area contributed by atoms with Gasteiger partial charge in [-0.15, -0.1) is 0 Å². The van der Waals surface area contributed by atoms with Gasteiger partial charge >= 0.3 is 0 Å². The van der Waals surface area contributed by atoms with Gasteiger partial charge in [0, 0.05) is 6.54 Å². The van der Waals surface area contributed by atoms with Gasteiger partial charge < -0.3 is 26.5 Å². The third-order valence-corrected chi connectivity index (χ3v) is 2.99. The van der Waals surface area contributed by atoms with Crippen LogP contribution in [-0.4, -0.2) is 28.1 Å². The molecular weight excluding hydrogens is 258 g/mol. The molecule has 0 aliphatic carbocycles. The first kappa shape index (κ1) is 12.4. The van der Waals surface area contributed by atoms with Crippen LogP contribution < -0.4 is 17.2 Å². The van der Waals surface area contributed by atoms with Crippen LogP contribution in [0.4, 0.5) is 5.69 Å². The van der Waals surface area contributed by atoms with Crippen LogP contribution in [-0.2, 0) is 17.9 Å². The first-order chi connectivity index (χ1) is 9.63. The normalized spacial score (nSPS) is 15.1. The molecule has 0 saturated carbocycles. The molecule has 0 bridgehead atoms. The predicted octanol–water partition coefficient (Wildman–Crippen LogP) is -0.214. The molecule has 1 aliphatic rings. The van der Waals surface area contributed by atoms with Crippen molar-refractivity contribution in [3.05, 3.63) is 24.0 Å². The van der Waals surface area contributed by atoms with Crippen molar-refractivity contribution in [1.82, 2.24) is 9.55 Å². The maximum absolute atomic E-state index is 5.61. The van der Waals surface area contributed by atoms with Crippen molar-refractivity contribution in [2.75, 3.05) is 6.61 Å². The van der Waals surface area contributed by atoms with Crippen molar-refractivity contribution in [2.45, 2.75) is 13.2 Å². The summed E-state index contributed by atoms with van der Waals surface area (Å²) in [7, 11) is 0. The Morgan fingerprint density at radius 1 is 1.30 bits per heavy atom. The van der Waals surface area contributed by atoms with Crippen LogP contribution in [0.2, 0.25) is 0 Å². The fourth-order valence-electron chi connectivity index (χ4n) is 2.21. The summed E-state index contributed by atoms with van der Waals surface area (Å²) in [5.41, 5.74) is 18.6. The number of aromatic nitrogens is 2. The minimum absolute atomic E-state index is 0.0108. The summed E-state index contributed by atoms with van der Waals surface area (Å²) < 4.78 is 7.53. The molecule has 3 rings (SSSR count). The van der Waals surface area contributed by atoms with Crippen LogP contribution in [0.5, 0.6) is 0 Å². The average molecular weight is 273 g/mol. The zero-order chi connectivity index (χ0) is 14.1. The Kier molecular flexibility index (Phi) is 2.99. The zero-order valence-electron chi connectivity index (χ0n) is 10.8. The van der Waals surface area contributed by atoms with E-state index in [1.165, 1.54) is 0 Å². The van der Waals surface area contributed by atoms with Gasteiger partial charge in [-0.3, -0.25) is 0 Å². The maximum Gasteiger partial charge on any atom is 0.223 e. The molecule has 2 heterocycles. The Bertz CT molecular complexity index is 712. The third-order valence-electron chi connectivity index (χ3n) is 2.99. The lowest BCUT2D eigenvalue weighted by molar-refractivity contribution is 0.0830. The molecule has 104 valence electrons. The number of aliphatic imine (C=N–C) groups is 2. The van der Waals surface area contributed by atoms with Crippen molar-refractivity contribution < 1.29 is 4.74 Å². The Balaban J connectivity index is 2.01. The van der Waals surface area contributed by atoms with E-state index in [2.05, 4.69) is 19.5 Å². The van der Waals surface area contributed by atoms with Crippen LogP contribution in [0.3, 0.4) is 0 Å². The van der Waals surface area contributed by atoms with Crippen LogP contribution in [0.15, 0.2) is 28.2 Å². The molecule has 0 unspecified atom stereocenters. The molecule has 8 nitrogen and oxygen atoms in total. The number of ether oxygens (including phenoxy) is 1. The Hall–Kier alpha value is -2.61. The number of hydrogen-bond donors (Lipinski definition) is 3. The van der Waals surface area contributed by atoms with Crippen molar-refractivity contribution in [1.29, 1.82) is 0 Å². The van der Waals surface area contributed by atoms with Gasteiger partial charge in [-0.1, -0.05) is 0 Å². The topological polar surface area (TPSA) is 130 Å². The SMILES string of the molecule is NC(N)=NC(N)=Nc1ccc2c(c1)nc1n2CCOC1. The number of nitrogens with two attached hydrogens (primary N) is 3. The number of nitrogens with zero attached hydrogens (tertiary/aromatic N) is 4. The number of fused-ring (bicyclic) bond motifs is 3. The van der Waals surface area contributed by atoms with Crippen molar-refractivity contribution in [3.63, 3.8) is 0 Å². The molecule has 0 radical (unpaired) electrons. The van der Waals surface area contributed by atoms with Gasteiger partial charge in [0.15, 0.2) is 5.96 Å². The molecule has 1 aromatic heterocycles. The maximum atomic E-state index is 5.61. The van der Waals surface area contributed by atoms with Crippen LogP contribution in [0, 0.1) is 0 Å². The first-order valence-corrected chi connectivity index (χ1v) is 6.14. The Morgan fingerprint density at radius 2 is 2.15 bits per heavy atom. The molecule has 20 heavy (non-hydrogen) atoms. The fourth-order valence-corrected chi connectivity index (χ4v) is 2.21. The molecule has 0 saturated heterocycles. The quantitative estimate of drug-likeness (QED) is 0.488. The van der Waals surface area contributed by atoms with Crippen molar-refractivity contribution >= 4 is 28.6 Å². The summed E-state index contributed by atoms with van der Waals surface area (Å²) in [6.45, 7) is 2.05. The standard InChI is InChI=1S/C12H15N7O/c13-11(14)18-12(15)16-7-1-2-9-8(5-7)17-10-6-20-4-3-19(9)10/h1-2,5H,3-4,6H2,(H6,13,14,15,16,18). The second-order valence-corrected chi connectivity index (χ2v) is 4.41. The zero-order valence-corrected chi connectivity index (χ0v) is 10.8. The number of benzene rings is 1. The van der Waals surface area contributed by atoms with E-state index < -0.39 is 0 Å². The summed E-state index contributed by atoms with van der Waals surface area (Å²) in [6.07, 6.45) is 0.